The fraction of sp³-hybridized carbons (Fsp3) is 0.440. The molecule has 2 amide bonds. The third-order valence-corrected chi connectivity index (χ3v) is 5.56. The Bertz CT molecular complexity index is 863. The van der Waals surface area contributed by atoms with Gasteiger partial charge in [0.25, 0.3) is 0 Å². The lowest BCUT2D eigenvalue weighted by Crippen LogP contribution is -2.42. The Morgan fingerprint density at radius 2 is 1.94 bits per heavy atom. The fourth-order valence-electron chi connectivity index (χ4n) is 3.63. The molecule has 1 unspecified atom stereocenters. The van der Waals surface area contributed by atoms with Crippen molar-refractivity contribution in [1.29, 1.82) is 0 Å². The lowest BCUT2D eigenvalue weighted by molar-refractivity contribution is -0.136. The van der Waals surface area contributed by atoms with Gasteiger partial charge in [-0.3, -0.25) is 9.59 Å². The molecule has 2 aromatic rings. The molecule has 0 bridgehead atoms. The van der Waals surface area contributed by atoms with E-state index in [1.165, 1.54) is 0 Å². The topological polar surface area (TPSA) is 67.9 Å². The predicted molar refractivity (Wildman–Crippen MR) is 121 cm³/mol. The maximum absolute atomic E-state index is 12.9. The van der Waals surface area contributed by atoms with Crippen LogP contribution in [0.2, 0.25) is 0 Å². The molecule has 31 heavy (non-hydrogen) atoms. The van der Waals surface area contributed by atoms with E-state index in [-0.39, 0.29) is 24.5 Å². The van der Waals surface area contributed by atoms with Crippen LogP contribution >= 0.6 is 0 Å². The minimum absolute atomic E-state index is 0.00183. The van der Waals surface area contributed by atoms with Crippen LogP contribution in [0.3, 0.4) is 0 Å². The highest BCUT2D eigenvalue weighted by atomic mass is 16.5. The Hall–Kier alpha value is -2.86. The van der Waals surface area contributed by atoms with Crippen molar-refractivity contribution in [2.24, 2.45) is 0 Å². The summed E-state index contributed by atoms with van der Waals surface area (Å²) >= 11 is 0. The normalized spacial score (nSPS) is 15.5. The van der Waals surface area contributed by atoms with Crippen molar-refractivity contribution in [3.05, 3.63) is 59.7 Å². The smallest absolute Gasteiger partial charge is 0.244 e. The second kappa shape index (κ2) is 11.5. The van der Waals surface area contributed by atoms with Crippen molar-refractivity contribution in [3.63, 3.8) is 0 Å². The van der Waals surface area contributed by atoms with Crippen LogP contribution < -0.4 is 10.1 Å². The van der Waals surface area contributed by atoms with Crippen LogP contribution in [0.4, 0.5) is 5.69 Å². The average Bonchev–Trinajstić information content (AvgIpc) is 3.28. The number of amides is 2. The molecule has 6 heteroatoms. The summed E-state index contributed by atoms with van der Waals surface area (Å²) in [6, 6.07) is 15.4. The van der Waals surface area contributed by atoms with Gasteiger partial charge in [-0.1, -0.05) is 30.3 Å². The third-order valence-electron chi connectivity index (χ3n) is 5.56. The van der Waals surface area contributed by atoms with Gasteiger partial charge in [-0.25, -0.2) is 0 Å². The highest BCUT2D eigenvalue weighted by Crippen LogP contribution is 2.19. The first-order chi connectivity index (χ1) is 15.0. The summed E-state index contributed by atoms with van der Waals surface area (Å²) in [4.78, 5) is 27.2. The van der Waals surface area contributed by atoms with Crippen LogP contribution in [-0.2, 0) is 14.3 Å². The molecule has 3 rings (SSSR count). The molecule has 1 heterocycles. The predicted octanol–water partition coefficient (Wildman–Crippen LogP) is 4.11. The quantitative estimate of drug-likeness (QED) is 0.583. The zero-order valence-electron chi connectivity index (χ0n) is 18.4. The van der Waals surface area contributed by atoms with Crippen LogP contribution in [-0.4, -0.2) is 49.1 Å². The lowest BCUT2D eigenvalue weighted by atomic mass is 10.1. The van der Waals surface area contributed by atoms with Crippen molar-refractivity contribution < 1.29 is 19.1 Å². The second-order valence-electron chi connectivity index (χ2n) is 7.97. The van der Waals surface area contributed by atoms with Crippen molar-refractivity contribution in [2.75, 3.05) is 31.6 Å². The van der Waals surface area contributed by atoms with Crippen LogP contribution in [0.1, 0.15) is 36.8 Å². The monoisotopic (exact) mass is 424 g/mol. The minimum Gasteiger partial charge on any atom is -0.494 e. The van der Waals surface area contributed by atoms with Gasteiger partial charge in [-0.05, 0) is 62.4 Å². The van der Waals surface area contributed by atoms with Crippen molar-refractivity contribution in [3.8, 4) is 5.75 Å². The van der Waals surface area contributed by atoms with Gasteiger partial charge in [0.2, 0.25) is 11.8 Å². The van der Waals surface area contributed by atoms with Crippen molar-refractivity contribution >= 4 is 17.5 Å². The molecule has 0 saturated carbocycles. The summed E-state index contributed by atoms with van der Waals surface area (Å²) in [5, 5.41) is 2.95. The largest absolute Gasteiger partial charge is 0.494 e. The highest BCUT2D eigenvalue weighted by Gasteiger charge is 2.24. The molecule has 1 atom stereocenters. The molecule has 1 aliphatic rings. The summed E-state index contributed by atoms with van der Waals surface area (Å²) in [6.45, 7) is 5.62. The SMILES string of the molecule is Cc1cccc(NC(=O)CN(CC2CCCO2)C(=O)CCCOc2ccccc2)c1C. The molecule has 0 aliphatic carbocycles. The van der Waals surface area contributed by atoms with Gasteiger partial charge in [-0.15, -0.1) is 0 Å². The average molecular weight is 425 g/mol. The van der Waals surface area contributed by atoms with E-state index in [0.717, 1.165) is 35.4 Å². The molecule has 0 radical (unpaired) electrons. The Balaban J connectivity index is 1.54. The lowest BCUT2D eigenvalue weighted by Gasteiger charge is -2.25. The maximum Gasteiger partial charge on any atom is 0.244 e. The van der Waals surface area contributed by atoms with Gasteiger partial charge in [0.05, 0.1) is 19.3 Å². The first-order valence-electron chi connectivity index (χ1n) is 11.0. The Labute approximate surface area is 184 Å². The van der Waals surface area contributed by atoms with E-state index >= 15 is 0 Å². The number of nitrogens with one attached hydrogen (secondary N) is 1. The van der Waals surface area contributed by atoms with E-state index < -0.39 is 0 Å². The standard InChI is InChI=1S/C25H32N2O4/c1-19-9-6-13-23(20(19)2)26-24(28)18-27(17-22-12-7-15-31-22)25(29)14-8-16-30-21-10-4-3-5-11-21/h3-6,9-11,13,22H,7-8,12,14-18H2,1-2H3,(H,26,28). The summed E-state index contributed by atoms with van der Waals surface area (Å²) in [5.41, 5.74) is 2.93. The molecular weight excluding hydrogens is 392 g/mol. The van der Waals surface area contributed by atoms with Crippen LogP contribution in [0.5, 0.6) is 5.75 Å². The first-order valence-corrected chi connectivity index (χ1v) is 11.0. The molecule has 166 valence electrons. The number of ether oxygens (including phenoxy) is 2. The van der Waals surface area contributed by atoms with Gasteiger partial charge in [0, 0.05) is 25.3 Å². The molecule has 0 spiro atoms. The van der Waals surface area contributed by atoms with Gasteiger partial charge >= 0.3 is 0 Å². The number of para-hydroxylation sites is 1. The first kappa shape index (κ1) is 22.8. The third kappa shape index (κ3) is 7.10. The zero-order chi connectivity index (χ0) is 22.1. The van der Waals surface area contributed by atoms with Gasteiger partial charge < -0.3 is 19.7 Å². The molecule has 1 N–H and O–H groups in total. The number of hydrogen-bond donors (Lipinski definition) is 1. The van der Waals surface area contributed by atoms with Gasteiger partial charge in [-0.2, -0.15) is 0 Å². The number of benzene rings is 2. The number of hydrogen-bond acceptors (Lipinski definition) is 4. The minimum atomic E-state index is -0.194. The fourth-order valence-corrected chi connectivity index (χ4v) is 3.63. The number of nitrogens with zero attached hydrogens (tertiary/aromatic N) is 1. The molecule has 2 aromatic carbocycles. The molecular formula is C25H32N2O4. The Kier molecular flexibility index (Phi) is 8.47. The number of carbonyl (C=O) groups is 2. The van der Waals surface area contributed by atoms with Crippen LogP contribution in [0.15, 0.2) is 48.5 Å². The number of aryl methyl sites for hydroxylation is 1. The second-order valence-corrected chi connectivity index (χ2v) is 7.97. The van der Waals surface area contributed by atoms with Gasteiger partial charge in [0.15, 0.2) is 0 Å². The molecule has 6 nitrogen and oxygen atoms in total. The van der Waals surface area contributed by atoms with Crippen LogP contribution in [0, 0.1) is 13.8 Å². The summed E-state index contributed by atoms with van der Waals surface area (Å²) in [7, 11) is 0. The van der Waals surface area contributed by atoms with E-state index in [0.29, 0.717) is 32.6 Å². The number of carbonyl (C=O) groups excluding carboxylic acids is 2. The number of anilines is 1. The van der Waals surface area contributed by atoms with E-state index in [4.69, 9.17) is 9.47 Å². The highest BCUT2D eigenvalue weighted by molar-refractivity contribution is 5.95. The van der Waals surface area contributed by atoms with Gasteiger partial charge in [0.1, 0.15) is 5.75 Å². The summed E-state index contributed by atoms with van der Waals surface area (Å²) < 4.78 is 11.4. The van der Waals surface area contributed by atoms with E-state index in [1.54, 1.807) is 4.90 Å². The van der Waals surface area contributed by atoms with Crippen molar-refractivity contribution in [2.45, 2.75) is 45.6 Å². The zero-order valence-corrected chi connectivity index (χ0v) is 18.4. The summed E-state index contributed by atoms with van der Waals surface area (Å²) in [5.74, 6) is 0.544. The Morgan fingerprint density at radius 3 is 2.68 bits per heavy atom. The Morgan fingerprint density at radius 1 is 1.13 bits per heavy atom. The molecule has 1 fully saturated rings. The summed E-state index contributed by atoms with van der Waals surface area (Å²) in [6.07, 6.45) is 2.83. The maximum atomic E-state index is 12.9. The van der Waals surface area contributed by atoms with E-state index in [1.807, 2.05) is 62.4 Å². The molecule has 1 saturated heterocycles. The van der Waals surface area contributed by atoms with E-state index in [9.17, 15) is 9.59 Å². The molecule has 0 aromatic heterocycles. The number of rotatable bonds is 10. The van der Waals surface area contributed by atoms with Crippen molar-refractivity contribution in [1.82, 2.24) is 4.90 Å². The van der Waals surface area contributed by atoms with E-state index in [2.05, 4.69) is 5.32 Å². The molecule has 1 aliphatic heterocycles. The van der Waals surface area contributed by atoms with Crippen LogP contribution in [0.25, 0.3) is 0 Å².